The van der Waals surface area contributed by atoms with Crippen LogP contribution in [0.5, 0.6) is 0 Å². The van der Waals surface area contributed by atoms with Gasteiger partial charge < -0.3 is 14.8 Å². The molecule has 5 nitrogen and oxygen atoms in total. The van der Waals surface area contributed by atoms with Gasteiger partial charge in [0, 0.05) is 0 Å². The maximum absolute atomic E-state index is 11.4. The average Bonchev–Trinajstić information content (AvgIpc) is 2.57. The summed E-state index contributed by atoms with van der Waals surface area (Å²) in [6, 6.07) is 0. The number of rotatable bonds is 3. The Hall–Kier alpha value is -1.52. The smallest absolute Gasteiger partial charge is 0.347 e. The number of hydrogen-bond acceptors (Lipinski definition) is 5. The molecule has 0 atom stereocenters. The molecule has 0 aromatic carbocycles. The van der Waals surface area contributed by atoms with Crippen LogP contribution in [-0.2, 0) is 19.1 Å². The molecule has 1 aliphatic rings. The zero-order valence-corrected chi connectivity index (χ0v) is 8.25. The van der Waals surface area contributed by atoms with Crippen LogP contribution in [-0.4, -0.2) is 31.5 Å². The second-order valence-corrected chi connectivity index (χ2v) is 2.76. The Morgan fingerprint density at radius 2 is 2.29 bits per heavy atom. The number of Topliss-reactive ketones (excluding diaryl/α,β-unsaturated/α-hetero) is 1. The van der Waals surface area contributed by atoms with E-state index in [1.807, 2.05) is 0 Å². The Bertz CT molecular complexity index is 275. The van der Waals surface area contributed by atoms with Gasteiger partial charge >= 0.3 is 5.97 Å². The summed E-state index contributed by atoms with van der Waals surface area (Å²) >= 11 is 0. The molecule has 1 aliphatic heterocycles. The maximum Gasteiger partial charge on any atom is 0.347 e. The molecule has 78 valence electrons. The number of carbonyl (C=O) groups is 2. The highest BCUT2D eigenvalue weighted by Gasteiger charge is 2.24. The van der Waals surface area contributed by atoms with Crippen LogP contribution >= 0.6 is 0 Å². The van der Waals surface area contributed by atoms with Gasteiger partial charge in [0.15, 0.2) is 11.4 Å². The van der Waals surface area contributed by atoms with Crippen molar-refractivity contribution in [1.82, 2.24) is 5.32 Å². The summed E-state index contributed by atoms with van der Waals surface area (Å²) in [5, 5.41) is 2.81. The van der Waals surface area contributed by atoms with Crippen LogP contribution in [0.4, 0.5) is 0 Å². The second-order valence-electron chi connectivity index (χ2n) is 2.76. The summed E-state index contributed by atoms with van der Waals surface area (Å²) in [6.45, 7) is 4.30. The first kappa shape index (κ1) is 10.6. The average molecular weight is 199 g/mol. The lowest BCUT2D eigenvalue weighted by atomic mass is 10.2. The van der Waals surface area contributed by atoms with Crippen molar-refractivity contribution in [3.05, 3.63) is 11.5 Å². The Balaban J connectivity index is 2.88. The molecule has 0 aromatic heterocycles. The molecule has 0 bridgehead atoms. The maximum atomic E-state index is 11.4. The van der Waals surface area contributed by atoms with E-state index < -0.39 is 5.97 Å². The topological polar surface area (TPSA) is 64.6 Å². The van der Waals surface area contributed by atoms with Crippen LogP contribution in [0.2, 0.25) is 0 Å². The third kappa shape index (κ3) is 2.25. The van der Waals surface area contributed by atoms with Gasteiger partial charge in [-0.05, 0) is 13.8 Å². The predicted molar refractivity (Wildman–Crippen MR) is 48.3 cm³/mol. The fourth-order valence-electron chi connectivity index (χ4n) is 1.13. The molecule has 0 aliphatic carbocycles. The van der Waals surface area contributed by atoms with E-state index in [9.17, 15) is 9.59 Å². The van der Waals surface area contributed by atoms with Gasteiger partial charge in [-0.3, -0.25) is 4.79 Å². The van der Waals surface area contributed by atoms with Crippen LogP contribution in [0.3, 0.4) is 0 Å². The lowest BCUT2D eigenvalue weighted by molar-refractivity contribution is -0.140. The largest absolute Gasteiger partial charge is 0.477 e. The van der Waals surface area contributed by atoms with Gasteiger partial charge in [0.25, 0.3) is 0 Å². The molecular formula is C9H13NO4. The molecule has 1 fully saturated rings. The molecule has 0 radical (unpaired) electrons. The van der Waals surface area contributed by atoms with Crippen LogP contribution in [0, 0.1) is 0 Å². The first-order chi connectivity index (χ1) is 6.66. The third-order valence-corrected chi connectivity index (χ3v) is 1.69. The fraction of sp³-hybridized carbons (Fsp3) is 0.556. The number of carbonyl (C=O) groups excluding carboxylic acids is 2. The Morgan fingerprint density at radius 1 is 1.57 bits per heavy atom. The first-order valence-corrected chi connectivity index (χ1v) is 4.45. The van der Waals surface area contributed by atoms with Gasteiger partial charge in [0.2, 0.25) is 5.88 Å². The lowest BCUT2D eigenvalue weighted by Crippen LogP contribution is -2.20. The van der Waals surface area contributed by atoms with Gasteiger partial charge in [0.1, 0.15) is 6.61 Å². The van der Waals surface area contributed by atoms with E-state index in [1.54, 1.807) is 6.92 Å². The molecule has 0 spiro atoms. The zero-order chi connectivity index (χ0) is 10.6. The van der Waals surface area contributed by atoms with E-state index in [0.29, 0.717) is 13.2 Å². The molecule has 0 unspecified atom stereocenters. The minimum atomic E-state index is -0.635. The summed E-state index contributed by atoms with van der Waals surface area (Å²) in [6.07, 6.45) is 0. The zero-order valence-electron chi connectivity index (χ0n) is 8.25. The monoisotopic (exact) mass is 199 g/mol. The van der Waals surface area contributed by atoms with E-state index in [4.69, 9.17) is 9.47 Å². The molecular weight excluding hydrogens is 186 g/mol. The standard InChI is InChI=1S/C9H13NO4/c1-3-13-9(12)7(6(2)11)8-10-4-5-14-8/h10H,3-5H2,1-2H3/b8-7+. The van der Waals surface area contributed by atoms with Gasteiger partial charge in [-0.15, -0.1) is 0 Å². The van der Waals surface area contributed by atoms with Crippen molar-refractivity contribution in [2.24, 2.45) is 0 Å². The molecule has 0 amide bonds. The van der Waals surface area contributed by atoms with E-state index in [-0.39, 0.29) is 23.8 Å². The Kier molecular flexibility index (Phi) is 3.50. The summed E-state index contributed by atoms with van der Waals surface area (Å²) in [4.78, 5) is 22.5. The fourth-order valence-corrected chi connectivity index (χ4v) is 1.13. The SMILES string of the molecule is CCOC(=O)/C(C(C)=O)=C1\NCCO1. The molecule has 1 rings (SSSR count). The lowest BCUT2D eigenvalue weighted by Gasteiger charge is -2.06. The van der Waals surface area contributed by atoms with Crippen molar-refractivity contribution in [3.8, 4) is 0 Å². The first-order valence-electron chi connectivity index (χ1n) is 4.45. The van der Waals surface area contributed by atoms with Crippen molar-refractivity contribution >= 4 is 11.8 Å². The Labute approximate surface area is 82.1 Å². The third-order valence-electron chi connectivity index (χ3n) is 1.69. The van der Waals surface area contributed by atoms with Crippen LogP contribution in [0.25, 0.3) is 0 Å². The van der Waals surface area contributed by atoms with Gasteiger partial charge in [0.05, 0.1) is 13.2 Å². The quantitative estimate of drug-likeness (QED) is 0.299. The Morgan fingerprint density at radius 3 is 2.71 bits per heavy atom. The molecule has 0 saturated carbocycles. The molecule has 5 heteroatoms. The summed E-state index contributed by atoms with van der Waals surface area (Å²) in [5.41, 5.74) is -0.0376. The number of nitrogens with one attached hydrogen (secondary N) is 1. The minimum Gasteiger partial charge on any atom is -0.477 e. The van der Waals surface area contributed by atoms with E-state index in [1.165, 1.54) is 6.92 Å². The molecule has 1 N–H and O–H groups in total. The molecule has 0 aromatic rings. The highest BCUT2D eigenvalue weighted by Crippen LogP contribution is 2.10. The second kappa shape index (κ2) is 4.64. The van der Waals surface area contributed by atoms with Crippen molar-refractivity contribution in [1.29, 1.82) is 0 Å². The van der Waals surface area contributed by atoms with Crippen molar-refractivity contribution in [2.75, 3.05) is 19.8 Å². The van der Waals surface area contributed by atoms with Crippen LogP contribution in [0.15, 0.2) is 11.5 Å². The highest BCUT2D eigenvalue weighted by atomic mass is 16.5. The minimum absolute atomic E-state index is 0.0376. The number of ether oxygens (including phenoxy) is 2. The van der Waals surface area contributed by atoms with Crippen molar-refractivity contribution in [3.63, 3.8) is 0 Å². The van der Waals surface area contributed by atoms with E-state index in [2.05, 4.69) is 5.32 Å². The van der Waals surface area contributed by atoms with Gasteiger partial charge in [-0.2, -0.15) is 0 Å². The number of esters is 1. The van der Waals surface area contributed by atoms with E-state index in [0.717, 1.165) is 0 Å². The predicted octanol–water partition coefficient (Wildman–Crippen LogP) is -0.0301. The van der Waals surface area contributed by atoms with Crippen molar-refractivity contribution < 1.29 is 19.1 Å². The summed E-state index contributed by atoms with van der Waals surface area (Å²) < 4.78 is 9.83. The molecule has 1 saturated heterocycles. The molecule has 1 heterocycles. The van der Waals surface area contributed by atoms with Crippen LogP contribution < -0.4 is 5.32 Å². The van der Waals surface area contributed by atoms with Crippen LogP contribution in [0.1, 0.15) is 13.8 Å². The summed E-state index contributed by atoms with van der Waals surface area (Å²) in [5.74, 6) is -0.756. The van der Waals surface area contributed by atoms with Gasteiger partial charge in [-0.1, -0.05) is 0 Å². The number of hydrogen-bond donors (Lipinski definition) is 1. The normalized spacial score (nSPS) is 18.1. The highest BCUT2D eigenvalue weighted by molar-refractivity contribution is 6.16. The van der Waals surface area contributed by atoms with E-state index >= 15 is 0 Å². The van der Waals surface area contributed by atoms with Gasteiger partial charge in [-0.25, -0.2) is 4.79 Å². The molecule has 14 heavy (non-hydrogen) atoms. The summed E-state index contributed by atoms with van der Waals surface area (Å²) in [7, 11) is 0. The number of ketones is 1. The van der Waals surface area contributed by atoms with Crippen molar-refractivity contribution in [2.45, 2.75) is 13.8 Å².